The standard InChI is InChI=1S/C20H30F4/c1-2-3-15-4-6-16(7-5-15)8-9-17-10-12-18(13-11-17)19(21)14-20(22,23)24/h8-9,14-18H,2-7,10-13H2,1H3. The Morgan fingerprint density at radius 2 is 1.38 bits per heavy atom. The van der Waals surface area contributed by atoms with Crippen LogP contribution in [0.15, 0.2) is 24.1 Å². The first kappa shape index (κ1) is 19.5. The Morgan fingerprint density at radius 3 is 1.83 bits per heavy atom. The Labute approximate surface area is 143 Å². The van der Waals surface area contributed by atoms with Crippen molar-refractivity contribution in [1.29, 1.82) is 0 Å². The predicted molar refractivity (Wildman–Crippen MR) is 90.2 cm³/mol. The summed E-state index contributed by atoms with van der Waals surface area (Å²) in [6.07, 6.45) is 10.3. The van der Waals surface area contributed by atoms with Crippen LogP contribution in [0.25, 0.3) is 0 Å². The molecule has 0 unspecified atom stereocenters. The van der Waals surface area contributed by atoms with Crippen LogP contribution in [0, 0.1) is 23.7 Å². The predicted octanol–water partition coefficient (Wildman–Crippen LogP) is 7.37. The van der Waals surface area contributed by atoms with E-state index in [2.05, 4.69) is 19.1 Å². The van der Waals surface area contributed by atoms with Crippen LogP contribution in [-0.4, -0.2) is 6.18 Å². The monoisotopic (exact) mass is 346 g/mol. The minimum atomic E-state index is -4.54. The average Bonchev–Trinajstić information content (AvgIpc) is 2.53. The maximum Gasteiger partial charge on any atom is 0.412 e. The van der Waals surface area contributed by atoms with E-state index in [1.165, 1.54) is 38.5 Å². The molecule has 138 valence electrons. The van der Waals surface area contributed by atoms with Gasteiger partial charge in [-0.05, 0) is 69.1 Å². The zero-order valence-electron chi connectivity index (χ0n) is 14.6. The summed E-state index contributed by atoms with van der Waals surface area (Å²) < 4.78 is 50.2. The molecule has 0 N–H and O–H groups in total. The van der Waals surface area contributed by atoms with Gasteiger partial charge < -0.3 is 0 Å². The molecular formula is C20H30F4. The fraction of sp³-hybridized carbons (Fsp3) is 0.800. The molecule has 4 heteroatoms. The minimum Gasteiger partial charge on any atom is -0.212 e. The first-order valence-electron chi connectivity index (χ1n) is 9.50. The van der Waals surface area contributed by atoms with Gasteiger partial charge in [0, 0.05) is 5.92 Å². The lowest BCUT2D eigenvalue weighted by atomic mass is 9.78. The van der Waals surface area contributed by atoms with Crippen LogP contribution >= 0.6 is 0 Å². The zero-order chi connectivity index (χ0) is 17.6. The number of allylic oxidation sites excluding steroid dienone is 4. The van der Waals surface area contributed by atoms with Crippen LogP contribution in [0.4, 0.5) is 17.6 Å². The maximum absolute atomic E-state index is 13.6. The fourth-order valence-corrected chi connectivity index (χ4v) is 4.25. The molecule has 0 aliphatic heterocycles. The van der Waals surface area contributed by atoms with Crippen LogP contribution in [0.3, 0.4) is 0 Å². The topological polar surface area (TPSA) is 0 Å². The SMILES string of the molecule is CCCC1CCC(C=CC2CCC(C(F)=CC(F)(F)F)CC2)CC1. The van der Waals surface area contributed by atoms with Crippen molar-refractivity contribution in [2.45, 2.75) is 77.3 Å². The van der Waals surface area contributed by atoms with E-state index in [1.54, 1.807) is 0 Å². The molecule has 2 aliphatic carbocycles. The molecule has 2 saturated carbocycles. The molecule has 0 spiro atoms. The van der Waals surface area contributed by atoms with Gasteiger partial charge in [0.1, 0.15) is 5.83 Å². The van der Waals surface area contributed by atoms with Crippen molar-refractivity contribution < 1.29 is 17.6 Å². The van der Waals surface area contributed by atoms with Crippen molar-refractivity contribution in [2.75, 3.05) is 0 Å². The third kappa shape index (κ3) is 6.60. The molecule has 2 rings (SSSR count). The fourth-order valence-electron chi connectivity index (χ4n) is 4.25. The molecule has 2 fully saturated rings. The van der Waals surface area contributed by atoms with Crippen LogP contribution in [0.5, 0.6) is 0 Å². The number of halogens is 4. The first-order chi connectivity index (χ1) is 11.4. The van der Waals surface area contributed by atoms with Gasteiger partial charge in [0.2, 0.25) is 0 Å². The van der Waals surface area contributed by atoms with Crippen molar-refractivity contribution >= 4 is 0 Å². The van der Waals surface area contributed by atoms with E-state index >= 15 is 0 Å². The van der Waals surface area contributed by atoms with Crippen LogP contribution in [0.2, 0.25) is 0 Å². The van der Waals surface area contributed by atoms with E-state index < -0.39 is 17.9 Å². The Kier molecular flexibility index (Phi) is 7.36. The molecule has 0 nitrogen and oxygen atoms in total. The largest absolute Gasteiger partial charge is 0.412 e. The Bertz CT molecular complexity index is 419. The van der Waals surface area contributed by atoms with Gasteiger partial charge in [-0.1, -0.05) is 31.9 Å². The summed E-state index contributed by atoms with van der Waals surface area (Å²) in [5.74, 6) is 0.449. The van der Waals surface area contributed by atoms with E-state index in [0.29, 0.717) is 24.7 Å². The van der Waals surface area contributed by atoms with Gasteiger partial charge in [-0.2, -0.15) is 13.2 Å². The Hall–Kier alpha value is -0.800. The minimum absolute atomic E-state index is 0.164. The van der Waals surface area contributed by atoms with Crippen molar-refractivity contribution in [1.82, 2.24) is 0 Å². The summed E-state index contributed by atoms with van der Waals surface area (Å²) in [4.78, 5) is 0. The summed E-state index contributed by atoms with van der Waals surface area (Å²) in [5, 5.41) is 0. The van der Waals surface area contributed by atoms with Gasteiger partial charge in [-0.3, -0.25) is 0 Å². The smallest absolute Gasteiger partial charge is 0.212 e. The second-order valence-corrected chi connectivity index (χ2v) is 7.64. The van der Waals surface area contributed by atoms with E-state index in [1.807, 2.05) is 0 Å². The molecule has 0 atom stereocenters. The molecule has 0 radical (unpaired) electrons. The maximum atomic E-state index is 13.6. The first-order valence-corrected chi connectivity index (χ1v) is 9.50. The Morgan fingerprint density at radius 1 is 0.875 bits per heavy atom. The number of rotatable bonds is 5. The summed E-state index contributed by atoms with van der Waals surface area (Å²) in [6, 6.07) is 0. The molecule has 0 aromatic rings. The van der Waals surface area contributed by atoms with Gasteiger partial charge >= 0.3 is 6.18 Å². The lowest BCUT2D eigenvalue weighted by molar-refractivity contribution is -0.0820. The zero-order valence-corrected chi connectivity index (χ0v) is 14.6. The average molecular weight is 346 g/mol. The van der Waals surface area contributed by atoms with Crippen molar-refractivity contribution in [3.8, 4) is 0 Å². The third-order valence-electron chi connectivity index (χ3n) is 5.71. The number of alkyl halides is 3. The van der Waals surface area contributed by atoms with Gasteiger partial charge in [0.25, 0.3) is 0 Å². The van der Waals surface area contributed by atoms with E-state index in [-0.39, 0.29) is 6.08 Å². The lowest BCUT2D eigenvalue weighted by Gasteiger charge is -2.28. The van der Waals surface area contributed by atoms with Crippen molar-refractivity contribution in [3.63, 3.8) is 0 Å². The third-order valence-corrected chi connectivity index (χ3v) is 5.71. The molecule has 0 bridgehead atoms. The summed E-state index contributed by atoms with van der Waals surface area (Å²) in [5.41, 5.74) is 0. The van der Waals surface area contributed by atoms with Gasteiger partial charge in [-0.25, -0.2) is 4.39 Å². The van der Waals surface area contributed by atoms with Crippen LogP contribution in [-0.2, 0) is 0 Å². The van der Waals surface area contributed by atoms with Crippen LogP contribution < -0.4 is 0 Å². The lowest BCUT2D eigenvalue weighted by Crippen LogP contribution is -2.16. The normalized spacial score (nSPS) is 33.1. The molecule has 0 amide bonds. The Balaban J connectivity index is 1.72. The molecule has 24 heavy (non-hydrogen) atoms. The second kappa shape index (κ2) is 9.05. The number of hydrogen-bond donors (Lipinski definition) is 0. The molecule has 0 heterocycles. The van der Waals surface area contributed by atoms with Crippen molar-refractivity contribution in [3.05, 3.63) is 24.1 Å². The van der Waals surface area contributed by atoms with Gasteiger partial charge in [0.05, 0.1) is 6.08 Å². The molecule has 0 aromatic carbocycles. The summed E-state index contributed by atoms with van der Waals surface area (Å²) >= 11 is 0. The van der Waals surface area contributed by atoms with E-state index in [9.17, 15) is 17.6 Å². The summed E-state index contributed by atoms with van der Waals surface area (Å²) in [7, 11) is 0. The number of hydrogen-bond acceptors (Lipinski definition) is 0. The molecule has 0 aromatic heterocycles. The summed E-state index contributed by atoms with van der Waals surface area (Å²) in [6.45, 7) is 2.25. The highest BCUT2D eigenvalue weighted by Crippen LogP contribution is 2.37. The van der Waals surface area contributed by atoms with E-state index in [4.69, 9.17) is 0 Å². The highest BCUT2D eigenvalue weighted by Gasteiger charge is 2.30. The van der Waals surface area contributed by atoms with Crippen molar-refractivity contribution in [2.24, 2.45) is 23.7 Å². The highest BCUT2D eigenvalue weighted by atomic mass is 19.4. The molecular weight excluding hydrogens is 316 g/mol. The molecule has 0 saturated heterocycles. The second-order valence-electron chi connectivity index (χ2n) is 7.64. The van der Waals surface area contributed by atoms with Gasteiger partial charge in [0.15, 0.2) is 0 Å². The van der Waals surface area contributed by atoms with Crippen LogP contribution in [0.1, 0.15) is 71.1 Å². The van der Waals surface area contributed by atoms with E-state index in [0.717, 1.165) is 18.8 Å². The van der Waals surface area contributed by atoms with Gasteiger partial charge in [-0.15, -0.1) is 0 Å². The highest BCUT2D eigenvalue weighted by molar-refractivity contribution is 5.05. The molecule has 2 aliphatic rings. The quantitative estimate of drug-likeness (QED) is 0.360.